The molecule has 1 aromatic carbocycles. The van der Waals surface area contributed by atoms with E-state index >= 15 is 0 Å². The number of nitrogens with two attached hydrogens (primary N) is 1. The van der Waals surface area contributed by atoms with E-state index in [2.05, 4.69) is 11.9 Å². The topological polar surface area (TPSA) is 38.5 Å². The lowest BCUT2D eigenvalue weighted by atomic mass is 10.0. The molecule has 0 saturated carbocycles. The first-order valence-electron chi connectivity index (χ1n) is 6.08. The molecule has 2 unspecified atom stereocenters. The molecule has 1 fully saturated rings. The van der Waals surface area contributed by atoms with Crippen molar-refractivity contribution in [2.45, 2.75) is 18.5 Å². The van der Waals surface area contributed by atoms with Gasteiger partial charge in [0.25, 0.3) is 0 Å². The van der Waals surface area contributed by atoms with Gasteiger partial charge in [-0.25, -0.2) is 0 Å². The summed E-state index contributed by atoms with van der Waals surface area (Å²) in [5, 5.41) is 1.34. The second-order valence-electron chi connectivity index (χ2n) is 4.57. The highest BCUT2D eigenvalue weighted by molar-refractivity contribution is 6.36. The van der Waals surface area contributed by atoms with E-state index in [-0.39, 0.29) is 6.04 Å². The van der Waals surface area contributed by atoms with E-state index < -0.39 is 0 Å². The average Bonchev–Trinajstić information content (AvgIpc) is 2.87. The molecule has 0 radical (unpaired) electrons. The van der Waals surface area contributed by atoms with Crippen LogP contribution in [0.1, 0.15) is 18.0 Å². The van der Waals surface area contributed by atoms with E-state index in [1.54, 1.807) is 0 Å². The van der Waals surface area contributed by atoms with Crippen LogP contribution in [0.25, 0.3) is 0 Å². The van der Waals surface area contributed by atoms with Crippen molar-refractivity contribution < 1.29 is 4.74 Å². The number of hydrogen-bond donors (Lipinski definition) is 1. The lowest BCUT2D eigenvalue weighted by Crippen LogP contribution is -2.39. The lowest BCUT2D eigenvalue weighted by Gasteiger charge is -2.32. The molecular weight excluding hydrogens is 271 g/mol. The van der Waals surface area contributed by atoms with Crippen LogP contribution >= 0.6 is 23.2 Å². The number of likely N-dealkylation sites (N-methyl/N-ethyl adjacent to an activating group) is 1. The largest absolute Gasteiger partial charge is 0.380 e. The first-order valence-corrected chi connectivity index (χ1v) is 6.84. The summed E-state index contributed by atoms with van der Waals surface area (Å²) in [5.41, 5.74) is 6.83. The standard InChI is InChI=1S/C13H18Cl2N2O/c1-17(9-5-6-18-8-9)12(7-16)13-10(14)3-2-4-11(13)15/h2-4,9,12H,5-8,16H2,1H3. The van der Waals surface area contributed by atoms with Crippen molar-refractivity contribution in [3.8, 4) is 0 Å². The number of hydrogen-bond acceptors (Lipinski definition) is 3. The van der Waals surface area contributed by atoms with Gasteiger partial charge in [-0.05, 0) is 25.6 Å². The van der Waals surface area contributed by atoms with E-state index in [0.29, 0.717) is 22.6 Å². The van der Waals surface area contributed by atoms with Gasteiger partial charge in [0.05, 0.1) is 12.6 Å². The van der Waals surface area contributed by atoms with Gasteiger partial charge in [0.15, 0.2) is 0 Å². The van der Waals surface area contributed by atoms with Crippen molar-refractivity contribution in [1.82, 2.24) is 4.90 Å². The second kappa shape index (κ2) is 6.22. The summed E-state index contributed by atoms with van der Waals surface area (Å²) in [6.45, 7) is 2.04. The molecule has 0 aliphatic carbocycles. The summed E-state index contributed by atoms with van der Waals surface area (Å²) in [4.78, 5) is 2.22. The van der Waals surface area contributed by atoms with Crippen LogP contribution in [-0.4, -0.2) is 37.7 Å². The molecule has 18 heavy (non-hydrogen) atoms. The third kappa shape index (κ3) is 2.81. The van der Waals surface area contributed by atoms with Crippen molar-refractivity contribution in [2.24, 2.45) is 5.73 Å². The fourth-order valence-electron chi connectivity index (χ4n) is 2.41. The molecule has 2 N–H and O–H groups in total. The van der Waals surface area contributed by atoms with Gasteiger partial charge in [0, 0.05) is 34.8 Å². The van der Waals surface area contributed by atoms with Gasteiger partial charge >= 0.3 is 0 Å². The molecule has 2 atom stereocenters. The zero-order valence-corrected chi connectivity index (χ0v) is 11.9. The van der Waals surface area contributed by atoms with Crippen LogP contribution in [0.5, 0.6) is 0 Å². The summed E-state index contributed by atoms with van der Waals surface area (Å²) >= 11 is 12.5. The Balaban J connectivity index is 2.27. The Morgan fingerprint density at radius 3 is 2.61 bits per heavy atom. The maximum Gasteiger partial charge on any atom is 0.0622 e. The Morgan fingerprint density at radius 2 is 2.11 bits per heavy atom. The highest BCUT2D eigenvalue weighted by atomic mass is 35.5. The van der Waals surface area contributed by atoms with E-state index in [1.165, 1.54) is 0 Å². The summed E-state index contributed by atoms with van der Waals surface area (Å²) in [6.07, 6.45) is 1.02. The monoisotopic (exact) mass is 288 g/mol. The third-order valence-electron chi connectivity index (χ3n) is 3.53. The van der Waals surface area contributed by atoms with Crippen LogP contribution in [0.3, 0.4) is 0 Å². The van der Waals surface area contributed by atoms with Crippen LogP contribution in [0.2, 0.25) is 10.0 Å². The summed E-state index contributed by atoms with van der Waals surface area (Å²) in [7, 11) is 2.05. The maximum absolute atomic E-state index is 6.26. The number of benzene rings is 1. The van der Waals surface area contributed by atoms with Gasteiger partial charge in [-0.15, -0.1) is 0 Å². The smallest absolute Gasteiger partial charge is 0.0622 e. The number of ether oxygens (including phenoxy) is 1. The van der Waals surface area contributed by atoms with Crippen LogP contribution in [0, 0.1) is 0 Å². The summed E-state index contributed by atoms with van der Waals surface area (Å²) in [6, 6.07) is 5.96. The molecule has 1 aromatic rings. The number of halogens is 2. The first kappa shape index (κ1) is 14.1. The molecular formula is C13H18Cl2N2O. The molecule has 0 spiro atoms. The third-order valence-corrected chi connectivity index (χ3v) is 4.19. The van der Waals surface area contributed by atoms with Crippen LogP contribution in [0.15, 0.2) is 18.2 Å². The van der Waals surface area contributed by atoms with Gasteiger partial charge in [-0.2, -0.15) is 0 Å². The average molecular weight is 289 g/mol. The van der Waals surface area contributed by atoms with Crippen LogP contribution in [-0.2, 0) is 4.74 Å². The molecule has 0 aromatic heterocycles. The maximum atomic E-state index is 6.26. The summed E-state index contributed by atoms with van der Waals surface area (Å²) < 4.78 is 5.42. The first-order chi connectivity index (χ1) is 8.65. The molecule has 5 heteroatoms. The zero-order chi connectivity index (χ0) is 13.1. The minimum atomic E-state index is 0.0258. The quantitative estimate of drug-likeness (QED) is 0.926. The number of rotatable bonds is 4. The molecule has 1 aliphatic heterocycles. The Hall–Kier alpha value is -0.320. The van der Waals surface area contributed by atoms with Crippen molar-refractivity contribution in [2.75, 3.05) is 26.8 Å². The van der Waals surface area contributed by atoms with Crippen LogP contribution in [0.4, 0.5) is 0 Å². The molecule has 100 valence electrons. The Kier molecular flexibility index (Phi) is 4.87. The van der Waals surface area contributed by atoms with E-state index in [0.717, 1.165) is 25.2 Å². The highest BCUT2D eigenvalue weighted by Crippen LogP contribution is 2.34. The van der Waals surface area contributed by atoms with E-state index in [1.807, 2.05) is 18.2 Å². The minimum absolute atomic E-state index is 0.0258. The predicted octanol–water partition coefficient (Wildman–Crippen LogP) is 2.71. The Bertz CT molecular complexity index is 388. The minimum Gasteiger partial charge on any atom is -0.380 e. The van der Waals surface area contributed by atoms with Crippen molar-refractivity contribution in [3.05, 3.63) is 33.8 Å². The van der Waals surface area contributed by atoms with E-state index in [9.17, 15) is 0 Å². The van der Waals surface area contributed by atoms with Gasteiger partial charge in [0.1, 0.15) is 0 Å². The highest BCUT2D eigenvalue weighted by Gasteiger charge is 2.28. The normalized spacial score (nSPS) is 21.5. The summed E-state index contributed by atoms with van der Waals surface area (Å²) in [5.74, 6) is 0. The lowest BCUT2D eigenvalue weighted by molar-refractivity contribution is 0.134. The van der Waals surface area contributed by atoms with Crippen LogP contribution < -0.4 is 5.73 Å². The molecule has 1 heterocycles. The predicted molar refractivity (Wildman–Crippen MR) is 75.2 cm³/mol. The molecule has 2 rings (SSSR count). The molecule has 1 saturated heterocycles. The van der Waals surface area contributed by atoms with Crippen molar-refractivity contribution >= 4 is 23.2 Å². The van der Waals surface area contributed by atoms with Crippen molar-refractivity contribution in [1.29, 1.82) is 0 Å². The molecule has 0 bridgehead atoms. The molecule has 1 aliphatic rings. The van der Waals surface area contributed by atoms with Gasteiger partial charge in [-0.1, -0.05) is 29.3 Å². The zero-order valence-electron chi connectivity index (χ0n) is 10.4. The Labute approximate surface area is 118 Å². The van der Waals surface area contributed by atoms with Gasteiger partial charge < -0.3 is 10.5 Å². The molecule has 0 amide bonds. The number of nitrogens with zero attached hydrogens (tertiary/aromatic N) is 1. The fraction of sp³-hybridized carbons (Fsp3) is 0.538. The van der Waals surface area contributed by atoms with Crippen molar-refractivity contribution in [3.63, 3.8) is 0 Å². The second-order valence-corrected chi connectivity index (χ2v) is 5.38. The van der Waals surface area contributed by atoms with Gasteiger partial charge in [0.2, 0.25) is 0 Å². The van der Waals surface area contributed by atoms with E-state index in [4.69, 9.17) is 33.7 Å². The fourth-order valence-corrected chi connectivity index (χ4v) is 3.06. The molecule has 3 nitrogen and oxygen atoms in total. The van der Waals surface area contributed by atoms with Gasteiger partial charge in [-0.3, -0.25) is 4.90 Å². The SMILES string of the molecule is CN(C1CCOC1)C(CN)c1c(Cl)cccc1Cl. The Morgan fingerprint density at radius 1 is 1.44 bits per heavy atom.